The number of hydrogen-bond acceptors (Lipinski definition) is 4. The summed E-state index contributed by atoms with van der Waals surface area (Å²) in [5, 5.41) is 4.10. The van der Waals surface area contributed by atoms with Crippen LogP contribution in [0.25, 0.3) is 10.9 Å². The molecule has 0 aliphatic rings. The number of benzene rings is 2. The summed E-state index contributed by atoms with van der Waals surface area (Å²) in [6, 6.07) is 13.2. The molecular weight excluding hydrogens is 370 g/mol. The number of nitrogens with zero attached hydrogens (tertiary/aromatic N) is 2. The van der Waals surface area contributed by atoms with Crippen LogP contribution in [-0.2, 0) is 11.3 Å². The molecule has 6 heteroatoms. The van der Waals surface area contributed by atoms with Gasteiger partial charge < -0.3 is 5.32 Å². The monoisotopic (exact) mass is 395 g/mol. The first kappa shape index (κ1) is 20.1. The van der Waals surface area contributed by atoms with E-state index in [1.54, 1.807) is 10.6 Å². The van der Waals surface area contributed by atoms with Crippen molar-refractivity contribution in [2.45, 2.75) is 39.4 Å². The Balaban J connectivity index is 1.81. The first-order valence-electron chi connectivity index (χ1n) is 9.34. The number of thioether (sulfide) groups is 1. The van der Waals surface area contributed by atoms with Crippen molar-refractivity contribution >= 4 is 34.3 Å². The summed E-state index contributed by atoms with van der Waals surface area (Å²) in [6.07, 6.45) is 0. The van der Waals surface area contributed by atoms with Gasteiger partial charge in [-0.2, -0.15) is 0 Å². The zero-order chi connectivity index (χ0) is 20.3. The zero-order valence-electron chi connectivity index (χ0n) is 16.7. The highest BCUT2D eigenvalue weighted by Gasteiger charge is 2.14. The van der Waals surface area contributed by atoms with E-state index in [1.807, 2.05) is 50.2 Å². The van der Waals surface area contributed by atoms with E-state index in [0.717, 1.165) is 11.3 Å². The van der Waals surface area contributed by atoms with Crippen LogP contribution in [0.5, 0.6) is 0 Å². The van der Waals surface area contributed by atoms with E-state index in [-0.39, 0.29) is 17.2 Å². The molecule has 1 N–H and O–H groups in total. The lowest BCUT2D eigenvalue weighted by molar-refractivity contribution is -0.113. The molecule has 0 atom stereocenters. The Kier molecular flexibility index (Phi) is 6.19. The van der Waals surface area contributed by atoms with Gasteiger partial charge in [0.2, 0.25) is 5.91 Å². The zero-order valence-corrected chi connectivity index (χ0v) is 17.5. The summed E-state index contributed by atoms with van der Waals surface area (Å²) >= 11 is 1.29. The van der Waals surface area contributed by atoms with E-state index in [0.29, 0.717) is 28.5 Å². The maximum atomic E-state index is 12.9. The minimum Gasteiger partial charge on any atom is -0.325 e. The second-order valence-electron chi connectivity index (χ2n) is 7.36. The number of aryl methyl sites for hydroxylation is 2. The highest BCUT2D eigenvalue weighted by atomic mass is 32.2. The maximum Gasteiger partial charge on any atom is 0.262 e. The predicted octanol–water partition coefficient (Wildman–Crippen LogP) is 4.40. The topological polar surface area (TPSA) is 64.0 Å². The Morgan fingerprint density at radius 3 is 2.61 bits per heavy atom. The third-order valence-electron chi connectivity index (χ3n) is 4.50. The first-order valence-corrected chi connectivity index (χ1v) is 10.3. The standard InChI is InChI=1S/C22H25N3O2S/c1-14(2)12-25-21(27)18-7-5-6-8-19(18)24-22(25)28-13-20(26)23-17-10-9-15(3)16(4)11-17/h5-11,14H,12-13H2,1-4H3,(H,23,26). The van der Waals surface area contributed by atoms with Crippen LogP contribution >= 0.6 is 11.8 Å². The van der Waals surface area contributed by atoms with Gasteiger partial charge in [-0.15, -0.1) is 0 Å². The summed E-state index contributed by atoms with van der Waals surface area (Å²) in [5.41, 5.74) is 3.69. The molecule has 146 valence electrons. The third kappa shape index (κ3) is 4.62. The second-order valence-corrected chi connectivity index (χ2v) is 8.30. The Morgan fingerprint density at radius 1 is 1.14 bits per heavy atom. The van der Waals surface area contributed by atoms with Crippen LogP contribution in [0.4, 0.5) is 5.69 Å². The van der Waals surface area contributed by atoms with Crippen molar-refractivity contribution in [2.24, 2.45) is 5.92 Å². The number of nitrogens with one attached hydrogen (secondary N) is 1. The van der Waals surface area contributed by atoms with Gasteiger partial charge in [-0.3, -0.25) is 14.2 Å². The first-order chi connectivity index (χ1) is 13.3. The van der Waals surface area contributed by atoms with E-state index >= 15 is 0 Å². The van der Waals surface area contributed by atoms with E-state index < -0.39 is 0 Å². The van der Waals surface area contributed by atoms with Crippen LogP contribution < -0.4 is 10.9 Å². The van der Waals surface area contributed by atoms with Crippen molar-refractivity contribution in [3.05, 3.63) is 63.9 Å². The molecule has 0 radical (unpaired) electrons. The number of rotatable bonds is 6. The fourth-order valence-electron chi connectivity index (χ4n) is 2.93. The molecular formula is C22H25N3O2S. The Morgan fingerprint density at radius 2 is 1.89 bits per heavy atom. The van der Waals surface area contributed by atoms with Gasteiger partial charge in [0.25, 0.3) is 5.56 Å². The SMILES string of the molecule is Cc1ccc(NC(=O)CSc2nc3ccccc3c(=O)n2CC(C)C)cc1C. The van der Waals surface area contributed by atoms with Gasteiger partial charge in [-0.05, 0) is 55.2 Å². The van der Waals surface area contributed by atoms with E-state index in [9.17, 15) is 9.59 Å². The molecule has 5 nitrogen and oxygen atoms in total. The van der Waals surface area contributed by atoms with Crippen molar-refractivity contribution in [1.82, 2.24) is 9.55 Å². The Bertz CT molecular complexity index is 1070. The van der Waals surface area contributed by atoms with Crippen LogP contribution in [0.15, 0.2) is 52.4 Å². The van der Waals surface area contributed by atoms with Crippen LogP contribution in [0.3, 0.4) is 0 Å². The molecule has 3 aromatic rings. The van der Waals surface area contributed by atoms with Gasteiger partial charge >= 0.3 is 0 Å². The summed E-state index contributed by atoms with van der Waals surface area (Å²) in [5.74, 6) is 0.367. The molecule has 0 saturated heterocycles. The number of amides is 1. The van der Waals surface area contributed by atoms with Crippen LogP contribution in [0, 0.1) is 19.8 Å². The highest BCUT2D eigenvalue weighted by molar-refractivity contribution is 7.99. The smallest absolute Gasteiger partial charge is 0.262 e. The number of carbonyl (C=O) groups excluding carboxylic acids is 1. The number of anilines is 1. The number of fused-ring (bicyclic) bond motifs is 1. The summed E-state index contributed by atoms with van der Waals surface area (Å²) in [4.78, 5) is 30.0. The van der Waals surface area contributed by atoms with Crippen LogP contribution in [-0.4, -0.2) is 21.2 Å². The normalized spacial score (nSPS) is 11.2. The number of hydrogen-bond donors (Lipinski definition) is 1. The Hall–Kier alpha value is -2.60. The third-order valence-corrected chi connectivity index (χ3v) is 5.47. The summed E-state index contributed by atoms with van der Waals surface area (Å²) in [6.45, 7) is 8.74. The number of aromatic nitrogens is 2. The van der Waals surface area contributed by atoms with Gasteiger partial charge in [-0.25, -0.2) is 4.98 Å². The fourth-order valence-corrected chi connectivity index (χ4v) is 3.74. The fraction of sp³-hybridized carbons (Fsp3) is 0.318. The molecule has 1 heterocycles. The van der Waals surface area contributed by atoms with Gasteiger partial charge in [0.15, 0.2) is 5.16 Å². The average Bonchev–Trinajstić information content (AvgIpc) is 2.65. The van der Waals surface area contributed by atoms with Crippen molar-refractivity contribution in [3.8, 4) is 0 Å². The lowest BCUT2D eigenvalue weighted by Gasteiger charge is -2.15. The van der Waals surface area contributed by atoms with Gasteiger partial charge in [0.1, 0.15) is 0 Å². The second kappa shape index (κ2) is 8.61. The molecule has 1 aromatic heterocycles. The molecule has 0 bridgehead atoms. The van der Waals surface area contributed by atoms with Gasteiger partial charge in [-0.1, -0.05) is 43.8 Å². The van der Waals surface area contributed by atoms with Crippen LogP contribution in [0.1, 0.15) is 25.0 Å². The van der Waals surface area contributed by atoms with Crippen molar-refractivity contribution in [1.29, 1.82) is 0 Å². The number of carbonyl (C=O) groups is 1. The van der Waals surface area contributed by atoms with E-state index in [2.05, 4.69) is 24.1 Å². The Labute approximate surface area is 169 Å². The van der Waals surface area contributed by atoms with Crippen molar-refractivity contribution in [3.63, 3.8) is 0 Å². The molecule has 0 unspecified atom stereocenters. The maximum absolute atomic E-state index is 12.9. The molecule has 1 amide bonds. The molecule has 0 saturated carbocycles. The largest absolute Gasteiger partial charge is 0.325 e. The van der Waals surface area contributed by atoms with Gasteiger partial charge in [0, 0.05) is 12.2 Å². The lowest BCUT2D eigenvalue weighted by Crippen LogP contribution is -2.26. The molecule has 28 heavy (non-hydrogen) atoms. The van der Waals surface area contributed by atoms with Gasteiger partial charge in [0.05, 0.1) is 16.7 Å². The highest BCUT2D eigenvalue weighted by Crippen LogP contribution is 2.20. The lowest BCUT2D eigenvalue weighted by atomic mass is 10.1. The average molecular weight is 396 g/mol. The minimum absolute atomic E-state index is 0.0589. The molecule has 0 aliphatic carbocycles. The predicted molar refractivity (Wildman–Crippen MR) is 116 cm³/mol. The van der Waals surface area contributed by atoms with E-state index in [4.69, 9.17) is 0 Å². The molecule has 2 aromatic carbocycles. The molecule has 0 spiro atoms. The van der Waals surface area contributed by atoms with Crippen molar-refractivity contribution in [2.75, 3.05) is 11.1 Å². The quantitative estimate of drug-likeness (QED) is 0.496. The summed E-state index contributed by atoms with van der Waals surface area (Å²) < 4.78 is 1.68. The van der Waals surface area contributed by atoms with E-state index in [1.165, 1.54) is 17.3 Å². The summed E-state index contributed by atoms with van der Waals surface area (Å²) in [7, 11) is 0. The number of para-hydroxylation sites is 1. The van der Waals surface area contributed by atoms with Crippen molar-refractivity contribution < 1.29 is 4.79 Å². The molecule has 0 fully saturated rings. The minimum atomic E-state index is -0.119. The molecule has 3 rings (SSSR count). The van der Waals surface area contributed by atoms with Crippen LogP contribution in [0.2, 0.25) is 0 Å². The molecule has 0 aliphatic heterocycles.